The van der Waals surface area contributed by atoms with Crippen LogP contribution in [0, 0.1) is 10.1 Å². The SMILES string of the molecule is COc1ccc(OC)c(COC(=O)c2cc(Cl)ccc2[N+](=O)[O-])c1. The summed E-state index contributed by atoms with van der Waals surface area (Å²) in [5, 5.41) is 11.2. The zero-order chi connectivity index (χ0) is 17.7. The van der Waals surface area contributed by atoms with Crippen molar-refractivity contribution in [1.29, 1.82) is 0 Å². The minimum absolute atomic E-state index is 0.136. The van der Waals surface area contributed by atoms with Gasteiger partial charge in [-0.1, -0.05) is 11.6 Å². The molecule has 0 aliphatic rings. The van der Waals surface area contributed by atoms with Gasteiger partial charge in [-0.25, -0.2) is 4.79 Å². The lowest BCUT2D eigenvalue weighted by Crippen LogP contribution is -2.09. The van der Waals surface area contributed by atoms with Crippen LogP contribution in [0.1, 0.15) is 15.9 Å². The van der Waals surface area contributed by atoms with E-state index < -0.39 is 10.9 Å². The minimum Gasteiger partial charge on any atom is -0.497 e. The molecule has 0 radical (unpaired) electrons. The molecule has 0 amide bonds. The Morgan fingerprint density at radius 3 is 2.54 bits per heavy atom. The molecule has 8 heteroatoms. The smallest absolute Gasteiger partial charge is 0.345 e. The molecule has 126 valence electrons. The lowest BCUT2D eigenvalue weighted by atomic mass is 10.1. The van der Waals surface area contributed by atoms with Crippen molar-refractivity contribution in [2.45, 2.75) is 6.61 Å². The molecule has 0 aromatic heterocycles. The number of halogens is 1. The number of ether oxygens (including phenoxy) is 3. The number of benzene rings is 2. The van der Waals surface area contributed by atoms with E-state index in [9.17, 15) is 14.9 Å². The van der Waals surface area contributed by atoms with Crippen LogP contribution < -0.4 is 9.47 Å². The van der Waals surface area contributed by atoms with Gasteiger partial charge in [-0.2, -0.15) is 0 Å². The van der Waals surface area contributed by atoms with Crippen molar-refractivity contribution < 1.29 is 23.9 Å². The lowest BCUT2D eigenvalue weighted by molar-refractivity contribution is -0.385. The summed E-state index contributed by atoms with van der Waals surface area (Å²) in [7, 11) is 2.99. The average molecular weight is 352 g/mol. The third-order valence-corrected chi connectivity index (χ3v) is 3.46. The molecule has 0 unspecified atom stereocenters. The van der Waals surface area contributed by atoms with E-state index in [0.29, 0.717) is 17.1 Å². The summed E-state index contributed by atoms with van der Waals surface area (Å²) in [6.07, 6.45) is 0. The number of hydrogen-bond donors (Lipinski definition) is 0. The van der Waals surface area contributed by atoms with Crippen LogP contribution in [0.4, 0.5) is 5.69 Å². The van der Waals surface area contributed by atoms with Crippen molar-refractivity contribution in [3.63, 3.8) is 0 Å². The first kappa shape index (κ1) is 17.6. The molecule has 0 atom stereocenters. The summed E-state index contributed by atoms with van der Waals surface area (Å²) in [4.78, 5) is 22.5. The second-order valence-corrected chi connectivity index (χ2v) is 5.11. The van der Waals surface area contributed by atoms with Gasteiger partial charge >= 0.3 is 5.97 Å². The average Bonchev–Trinajstić information content (AvgIpc) is 2.58. The number of methoxy groups -OCH3 is 2. The van der Waals surface area contributed by atoms with Gasteiger partial charge < -0.3 is 14.2 Å². The van der Waals surface area contributed by atoms with Crippen molar-refractivity contribution in [2.24, 2.45) is 0 Å². The second kappa shape index (κ2) is 7.65. The number of carbonyl (C=O) groups excluding carboxylic acids is 1. The minimum atomic E-state index is -0.853. The van der Waals surface area contributed by atoms with Crippen molar-refractivity contribution in [3.05, 3.63) is 62.7 Å². The molecule has 0 N–H and O–H groups in total. The summed E-state index contributed by atoms with van der Waals surface area (Å²) in [5.41, 5.74) is -0.0220. The summed E-state index contributed by atoms with van der Waals surface area (Å²) in [6, 6.07) is 8.71. The van der Waals surface area contributed by atoms with Crippen LogP contribution in [0.15, 0.2) is 36.4 Å². The Kier molecular flexibility index (Phi) is 5.59. The van der Waals surface area contributed by atoms with Crippen LogP contribution >= 0.6 is 11.6 Å². The first-order chi connectivity index (χ1) is 11.5. The molecule has 2 aromatic carbocycles. The molecule has 0 aliphatic carbocycles. The fourth-order valence-electron chi connectivity index (χ4n) is 2.05. The van der Waals surface area contributed by atoms with Gasteiger partial charge in [-0.15, -0.1) is 0 Å². The Morgan fingerprint density at radius 1 is 1.17 bits per heavy atom. The Labute approximate surface area is 142 Å². The number of nitro groups is 1. The van der Waals surface area contributed by atoms with E-state index in [2.05, 4.69) is 0 Å². The predicted octanol–water partition coefficient (Wildman–Crippen LogP) is 3.62. The fourth-order valence-corrected chi connectivity index (χ4v) is 2.22. The first-order valence-electron chi connectivity index (χ1n) is 6.78. The van der Waals surface area contributed by atoms with Crippen molar-refractivity contribution in [2.75, 3.05) is 14.2 Å². The van der Waals surface area contributed by atoms with Gasteiger partial charge in [0.05, 0.1) is 19.1 Å². The highest BCUT2D eigenvalue weighted by atomic mass is 35.5. The van der Waals surface area contributed by atoms with Crippen LogP contribution in [-0.2, 0) is 11.3 Å². The molecule has 0 saturated heterocycles. The highest BCUT2D eigenvalue weighted by Crippen LogP contribution is 2.27. The van der Waals surface area contributed by atoms with Gasteiger partial charge in [0.15, 0.2) is 0 Å². The number of nitrogens with zero attached hydrogens (tertiary/aromatic N) is 1. The Bertz CT molecular complexity index is 777. The number of nitro benzene ring substituents is 1. The Balaban J connectivity index is 2.23. The van der Waals surface area contributed by atoms with E-state index in [4.69, 9.17) is 25.8 Å². The molecular formula is C16H14ClNO6. The van der Waals surface area contributed by atoms with Crippen LogP contribution in [0.2, 0.25) is 5.02 Å². The molecule has 0 fully saturated rings. The molecule has 0 aliphatic heterocycles. The van der Waals surface area contributed by atoms with E-state index in [1.54, 1.807) is 18.2 Å². The summed E-state index contributed by atoms with van der Waals surface area (Å²) in [6.45, 7) is -0.136. The largest absolute Gasteiger partial charge is 0.497 e. The third kappa shape index (κ3) is 3.94. The predicted molar refractivity (Wildman–Crippen MR) is 86.8 cm³/mol. The summed E-state index contributed by atoms with van der Waals surface area (Å²) < 4.78 is 15.5. The second-order valence-electron chi connectivity index (χ2n) is 4.67. The van der Waals surface area contributed by atoms with E-state index in [-0.39, 0.29) is 22.9 Å². The molecule has 2 aromatic rings. The molecule has 0 saturated carbocycles. The normalized spacial score (nSPS) is 10.1. The van der Waals surface area contributed by atoms with Gasteiger partial charge in [0.25, 0.3) is 5.69 Å². The van der Waals surface area contributed by atoms with Gasteiger partial charge in [-0.3, -0.25) is 10.1 Å². The maximum Gasteiger partial charge on any atom is 0.345 e. The molecule has 2 rings (SSSR count). The molecule has 0 spiro atoms. The quantitative estimate of drug-likeness (QED) is 0.448. The van der Waals surface area contributed by atoms with Gasteiger partial charge in [0, 0.05) is 16.7 Å². The van der Waals surface area contributed by atoms with Crippen molar-refractivity contribution in [3.8, 4) is 11.5 Å². The van der Waals surface area contributed by atoms with E-state index in [1.165, 1.54) is 26.4 Å². The molecular weight excluding hydrogens is 338 g/mol. The lowest BCUT2D eigenvalue weighted by Gasteiger charge is -2.11. The molecule has 7 nitrogen and oxygen atoms in total. The molecule has 0 heterocycles. The highest BCUT2D eigenvalue weighted by molar-refractivity contribution is 6.31. The van der Waals surface area contributed by atoms with Crippen LogP contribution in [0.5, 0.6) is 11.5 Å². The number of esters is 1. The molecule has 0 bridgehead atoms. The fraction of sp³-hybridized carbons (Fsp3) is 0.188. The Morgan fingerprint density at radius 2 is 1.92 bits per heavy atom. The van der Waals surface area contributed by atoms with Crippen molar-refractivity contribution in [1.82, 2.24) is 0 Å². The van der Waals surface area contributed by atoms with Crippen molar-refractivity contribution >= 4 is 23.3 Å². The van der Waals surface area contributed by atoms with Gasteiger partial charge in [0.2, 0.25) is 0 Å². The first-order valence-corrected chi connectivity index (χ1v) is 7.16. The number of hydrogen-bond acceptors (Lipinski definition) is 6. The van der Waals surface area contributed by atoms with E-state index in [1.807, 2.05) is 0 Å². The zero-order valence-electron chi connectivity index (χ0n) is 12.9. The molecule has 24 heavy (non-hydrogen) atoms. The maximum absolute atomic E-state index is 12.2. The Hall–Kier alpha value is -2.80. The number of carbonyl (C=O) groups is 1. The van der Waals surface area contributed by atoms with E-state index >= 15 is 0 Å². The number of rotatable bonds is 6. The highest BCUT2D eigenvalue weighted by Gasteiger charge is 2.22. The maximum atomic E-state index is 12.2. The van der Waals surface area contributed by atoms with Gasteiger partial charge in [-0.05, 0) is 30.3 Å². The topological polar surface area (TPSA) is 87.9 Å². The summed E-state index contributed by atoms with van der Waals surface area (Å²) in [5.74, 6) is 0.217. The monoisotopic (exact) mass is 351 g/mol. The third-order valence-electron chi connectivity index (χ3n) is 3.22. The summed E-state index contributed by atoms with van der Waals surface area (Å²) >= 11 is 5.80. The van der Waals surface area contributed by atoms with Crippen LogP contribution in [0.25, 0.3) is 0 Å². The standard InChI is InChI=1S/C16H14ClNO6/c1-22-12-4-6-15(23-2)10(7-12)9-24-16(19)13-8-11(17)3-5-14(13)18(20)21/h3-8H,9H2,1-2H3. The van der Waals surface area contributed by atoms with Gasteiger partial charge in [0.1, 0.15) is 23.7 Å². The van der Waals surface area contributed by atoms with Crippen LogP contribution in [-0.4, -0.2) is 25.1 Å². The zero-order valence-corrected chi connectivity index (χ0v) is 13.7. The van der Waals surface area contributed by atoms with Crippen LogP contribution in [0.3, 0.4) is 0 Å². The van der Waals surface area contributed by atoms with E-state index in [0.717, 1.165) is 6.07 Å².